The smallest absolute Gasteiger partial charge is 0.199 e. The van der Waals surface area contributed by atoms with Crippen molar-refractivity contribution in [2.24, 2.45) is 4.99 Å². The molecular weight excluding hydrogens is 216 g/mol. The zero-order valence-electron chi connectivity index (χ0n) is 9.84. The predicted octanol–water partition coefficient (Wildman–Crippen LogP) is 1.74. The molecule has 4 heteroatoms. The summed E-state index contributed by atoms with van der Waals surface area (Å²) in [6.07, 6.45) is 1.44. The van der Waals surface area contributed by atoms with Crippen molar-refractivity contribution in [3.63, 3.8) is 0 Å². The molecule has 1 aromatic carbocycles. The van der Waals surface area contributed by atoms with Gasteiger partial charge in [-0.25, -0.2) is 0 Å². The second-order valence-corrected chi connectivity index (χ2v) is 4.17. The monoisotopic (exact) mass is 230 g/mol. The number of hydrogen-bond acceptors (Lipinski definition) is 4. The Labute approximate surface area is 99.9 Å². The van der Waals surface area contributed by atoms with Gasteiger partial charge in [-0.3, -0.25) is 14.7 Å². The van der Waals surface area contributed by atoms with Crippen LogP contribution in [0.2, 0.25) is 0 Å². The summed E-state index contributed by atoms with van der Waals surface area (Å²) in [5.74, 6) is -0.145. The molecule has 0 atom stereocenters. The molecule has 88 valence electrons. The van der Waals surface area contributed by atoms with Gasteiger partial charge in [0.05, 0.1) is 12.2 Å². The summed E-state index contributed by atoms with van der Waals surface area (Å²) in [7, 11) is 3.77. The molecule has 0 unspecified atom stereocenters. The molecule has 0 spiro atoms. The van der Waals surface area contributed by atoms with Crippen molar-refractivity contribution < 1.29 is 9.90 Å². The summed E-state index contributed by atoms with van der Waals surface area (Å²) in [6, 6.07) is 7.02. The molecule has 0 bridgehead atoms. The number of allylic oxidation sites excluding steroid dienone is 1. The van der Waals surface area contributed by atoms with Crippen LogP contribution < -0.4 is 0 Å². The maximum Gasteiger partial charge on any atom is 0.199 e. The van der Waals surface area contributed by atoms with E-state index in [-0.39, 0.29) is 17.1 Å². The predicted molar refractivity (Wildman–Crippen MR) is 67.4 cm³/mol. The molecule has 17 heavy (non-hydrogen) atoms. The molecule has 0 saturated carbocycles. The van der Waals surface area contributed by atoms with Crippen molar-refractivity contribution in [3.8, 4) is 0 Å². The normalized spacial score (nSPS) is 15.1. The highest BCUT2D eigenvalue weighted by Gasteiger charge is 2.27. The molecule has 4 nitrogen and oxygen atoms in total. The lowest BCUT2D eigenvalue weighted by molar-refractivity contribution is 0.104. The van der Waals surface area contributed by atoms with Crippen molar-refractivity contribution in [2.45, 2.75) is 0 Å². The summed E-state index contributed by atoms with van der Waals surface area (Å²) in [5, 5.41) is 9.93. The second kappa shape index (κ2) is 4.51. The van der Waals surface area contributed by atoms with Crippen molar-refractivity contribution in [3.05, 3.63) is 41.0 Å². The van der Waals surface area contributed by atoms with E-state index in [0.717, 1.165) is 0 Å². The quantitative estimate of drug-likeness (QED) is 0.805. The molecule has 0 aliphatic heterocycles. The van der Waals surface area contributed by atoms with Gasteiger partial charge in [0.2, 0.25) is 0 Å². The van der Waals surface area contributed by atoms with Crippen LogP contribution in [-0.4, -0.2) is 42.8 Å². The number of hydrogen-bond donors (Lipinski definition) is 1. The van der Waals surface area contributed by atoms with Crippen LogP contribution in [0.5, 0.6) is 0 Å². The number of rotatable bonds is 3. The number of fused-ring (bicyclic) bond motifs is 1. The lowest BCUT2D eigenvalue weighted by Gasteiger charge is -2.03. The number of benzene rings is 1. The largest absolute Gasteiger partial charge is 0.506 e. The molecule has 1 aliphatic carbocycles. The van der Waals surface area contributed by atoms with Gasteiger partial charge >= 0.3 is 0 Å². The van der Waals surface area contributed by atoms with Gasteiger partial charge in [0.15, 0.2) is 5.78 Å². The highest BCUT2D eigenvalue weighted by molar-refractivity contribution is 6.30. The average Bonchev–Trinajstić information content (AvgIpc) is 2.54. The third-order valence-corrected chi connectivity index (χ3v) is 2.51. The molecule has 0 saturated heterocycles. The lowest BCUT2D eigenvalue weighted by Crippen LogP contribution is -2.11. The van der Waals surface area contributed by atoms with Crippen LogP contribution in [0.4, 0.5) is 0 Å². The molecule has 0 radical (unpaired) electrons. The summed E-state index contributed by atoms with van der Waals surface area (Å²) in [6.45, 7) is 0.487. The highest BCUT2D eigenvalue weighted by Crippen LogP contribution is 2.29. The van der Waals surface area contributed by atoms with Gasteiger partial charge in [-0.2, -0.15) is 0 Å². The topological polar surface area (TPSA) is 52.9 Å². The number of ketones is 1. The zero-order valence-corrected chi connectivity index (χ0v) is 9.84. The SMILES string of the molecule is CN(C)CN=CC1=C(O)c2ccccc2C1=O. The van der Waals surface area contributed by atoms with Crippen molar-refractivity contribution in [1.82, 2.24) is 4.90 Å². The van der Waals surface area contributed by atoms with Crippen LogP contribution in [0, 0.1) is 0 Å². The average molecular weight is 230 g/mol. The molecule has 1 aliphatic rings. The van der Waals surface area contributed by atoms with Crippen molar-refractivity contribution in [2.75, 3.05) is 20.8 Å². The van der Waals surface area contributed by atoms with Crippen LogP contribution in [0.15, 0.2) is 34.8 Å². The Morgan fingerprint density at radius 2 is 1.94 bits per heavy atom. The van der Waals surface area contributed by atoms with Gasteiger partial charge in [-0.1, -0.05) is 24.3 Å². The summed E-state index contributed by atoms with van der Waals surface area (Å²) in [5.41, 5.74) is 1.40. The number of nitrogens with zero attached hydrogens (tertiary/aromatic N) is 2. The third kappa shape index (κ3) is 2.12. The number of carbonyl (C=O) groups excluding carboxylic acids is 1. The van der Waals surface area contributed by atoms with Crippen LogP contribution >= 0.6 is 0 Å². The van der Waals surface area contributed by atoms with Gasteiger partial charge in [-0.15, -0.1) is 0 Å². The van der Waals surface area contributed by atoms with E-state index in [1.807, 2.05) is 19.0 Å². The van der Waals surface area contributed by atoms with E-state index >= 15 is 0 Å². The standard InChI is InChI=1S/C13H14N2O2/c1-15(2)8-14-7-11-12(16)9-5-3-4-6-10(9)13(11)17/h3-7,16H,8H2,1-2H3. The van der Waals surface area contributed by atoms with Gasteiger partial charge in [0.25, 0.3) is 0 Å². The first-order chi connectivity index (χ1) is 8.11. The fourth-order valence-electron chi connectivity index (χ4n) is 1.70. The number of aliphatic hydroxyl groups excluding tert-OH is 1. The summed E-state index contributed by atoms with van der Waals surface area (Å²) < 4.78 is 0. The molecule has 0 aromatic heterocycles. The second-order valence-electron chi connectivity index (χ2n) is 4.17. The van der Waals surface area contributed by atoms with E-state index in [9.17, 15) is 9.90 Å². The van der Waals surface area contributed by atoms with E-state index in [2.05, 4.69) is 4.99 Å². The lowest BCUT2D eigenvalue weighted by atomic mass is 10.1. The first-order valence-electron chi connectivity index (χ1n) is 5.33. The fraction of sp³-hybridized carbons (Fsp3) is 0.231. The van der Waals surface area contributed by atoms with Crippen LogP contribution in [0.25, 0.3) is 5.76 Å². The first-order valence-corrected chi connectivity index (χ1v) is 5.33. The number of aliphatic hydroxyl groups is 1. The van der Waals surface area contributed by atoms with Gasteiger partial charge < -0.3 is 5.11 Å². The van der Waals surface area contributed by atoms with E-state index in [0.29, 0.717) is 17.8 Å². The van der Waals surface area contributed by atoms with Crippen molar-refractivity contribution in [1.29, 1.82) is 0 Å². The van der Waals surface area contributed by atoms with Gasteiger partial charge in [0.1, 0.15) is 5.76 Å². The minimum Gasteiger partial charge on any atom is -0.506 e. The van der Waals surface area contributed by atoms with E-state index in [4.69, 9.17) is 0 Å². The Hall–Kier alpha value is -1.94. The fourth-order valence-corrected chi connectivity index (χ4v) is 1.70. The van der Waals surface area contributed by atoms with E-state index < -0.39 is 0 Å². The molecule has 2 rings (SSSR count). The van der Waals surface area contributed by atoms with Crippen LogP contribution in [0.1, 0.15) is 15.9 Å². The Morgan fingerprint density at radius 1 is 1.29 bits per heavy atom. The van der Waals surface area contributed by atoms with Crippen molar-refractivity contribution >= 4 is 17.8 Å². The molecule has 0 amide bonds. The zero-order chi connectivity index (χ0) is 12.4. The maximum absolute atomic E-state index is 12.0. The summed E-state index contributed by atoms with van der Waals surface area (Å²) >= 11 is 0. The summed E-state index contributed by atoms with van der Waals surface area (Å²) in [4.78, 5) is 17.9. The minimum absolute atomic E-state index is 0.0214. The first kappa shape index (κ1) is 11.5. The Bertz CT molecular complexity index is 516. The highest BCUT2D eigenvalue weighted by atomic mass is 16.3. The molecular formula is C13H14N2O2. The molecule has 1 N–H and O–H groups in total. The Morgan fingerprint density at radius 3 is 2.53 bits per heavy atom. The maximum atomic E-state index is 12.0. The Balaban J connectivity index is 2.29. The van der Waals surface area contributed by atoms with Crippen LogP contribution in [-0.2, 0) is 0 Å². The Kier molecular flexibility index (Phi) is 3.06. The molecule has 1 aromatic rings. The molecule has 0 heterocycles. The van der Waals surface area contributed by atoms with Crippen LogP contribution in [0.3, 0.4) is 0 Å². The number of aliphatic imine (C=N–C) groups is 1. The molecule has 0 fully saturated rings. The third-order valence-electron chi connectivity index (χ3n) is 2.51. The van der Waals surface area contributed by atoms with E-state index in [1.165, 1.54) is 6.21 Å². The van der Waals surface area contributed by atoms with Gasteiger partial charge in [0, 0.05) is 17.3 Å². The minimum atomic E-state index is -0.166. The van der Waals surface area contributed by atoms with Gasteiger partial charge in [-0.05, 0) is 14.1 Å². The van der Waals surface area contributed by atoms with E-state index in [1.54, 1.807) is 24.3 Å². The number of carbonyl (C=O) groups is 1. The number of Topliss-reactive ketones (excluding diaryl/α,β-unsaturated/α-hetero) is 1.